The molecule has 0 N–H and O–H groups in total. The Hall–Kier alpha value is -3.23. The second-order valence-corrected chi connectivity index (χ2v) is 10.7. The maximum atomic E-state index is 6.64. The van der Waals surface area contributed by atoms with E-state index in [2.05, 4.69) is 80.4 Å². The lowest BCUT2D eigenvalue weighted by molar-refractivity contribution is -0.0199. The van der Waals surface area contributed by atoms with Gasteiger partial charge in [0.2, 0.25) is 12.0 Å². The minimum absolute atomic E-state index is 0.0110. The molecule has 8 heteroatoms. The summed E-state index contributed by atoms with van der Waals surface area (Å²) >= 11 is 7.37. The monoisotopic (exact) mass is 622 g/mol. The molecule has 2 aliphatic heterocycles. The predicted octanol–water partition coefficient (Wildman–Crippen LogP) is 7.63. The second-order valence-electron chi connectivity index (χ2n) is 8.94. The van der Waals surface area contributed by atoms with Crippen LogP contribution in [0.1, 0.15) is 35.4 Å². The molecular formula is C29H24Br2N2O4. The van der Waals surface area contributed by atoms with Crippen molar-refractivity contribution in [2.24, 2.45) is 5.10 Å². The summed E-state index contributed by atoms with van der Waals surface area (Å²) in [7, 11) is 4.82. The summed E-state index contributed by atoms with van der Waals surface area (Å²) in [5.74, 6) is 2.47. The molecule has 188 valence electrons. The van der Waals surface area contributed by atoms with Gasteiger partial charge in [-0.1, -0.05) is 52.3 Å². The number of hydrogen-bond donors (Lipinski definition) is 0. The zero-order chi connectivity index (χ0) is 25.7. The first kappa shape index (κ1) is 24.1. The summed E-state index contributed by atoms with van der Waals surface area (Å²) in [6, 6.07) is 22.8. The predicted molar refractivity (Wildman–Crippen MR) is 151 cm³/mol. The molecule has 2 unspecified atom stereocenters. The van der Waals surface area contributed by atoms with Crippen molar-refractivity contribution in [3.05, 3.63) is 92.4 Å². The average Bonchev–Trinajstić information content (AvgIpc) is 3.37. The summed E-state index contributed by atoms with van der Waals surface area (Å²) in [6.45, 7) is 0. The summed E-state index contributed by atoms with van der Waals surface area (Å²) in [4.78, 5) is 0. The molecule has 2 aliphatic rings. The van der Waals surface area contributed by atoms with Gasteiger partial charge in [-0.3, -0.25) is 0 Å². The Balaban J connectivity index is 1.50. The lowest BCUT2D eigenvalue weighted by Gasteiger charge is -2.39. The van der Waals surface area contributed by atoms with Gasteiger partial charge in [-0.2, -0.15) is 5.10 Å². The Kier molecular flexibility index (Phi) is 6.24. The first-order valence-electron chi connectivity index (χ1n) is 11.8. The Morgan fingerprint density at radius 2 is 1.59 bits per heavy atom. The Morgan fingerprint density at radius 1 is 0.865 bits per heavy atom. The number of rotatable bonds is 5. The van der Waals surface area contributed by atoms with Gasteiger partial charge in [-0.05, 0) is 62.6 Å². The highest BCUT2D eigenvalue weighted by molar-refractivity contribution is 9.11. The van der Waals surface area contributed by atoms with Gasteiger partial charge < -0.3 is 18.9 Å². The van der Waals surface area contributed by atoms with Gasteiger partial charge in [-0.15, -0.1) is 0 Å². The summed E-state index contributed by atoms with van der Waals surface area (Å²) in [5, 5.41) is 9.58. The number of benzene rings is 4. The molecule has 0 bridgehead atoms. The van der Waals surface area contributed by atoms with Crippen molar-refractivity contribution in [2.45, 2.75) is 18.7 Å². The smallest absolute Gasteiger partial charge is 0.214 e. The molecule has 0 saturated carbocycles. The van der Waals surface area contributed by atoms with Gasteiger partial charge in [0.05, 0.1) is 37.6 Å². The minimum Gasteiger partial charge on any atom is -0.493 e. The molecule has 4 aromatic rings. The van der Waals surface area contributed by atoms with Gasteiger partial charge >= 0.3 is 0 Å². The van der Waals surface area contributed by atoms with E-state index < -0.39 is 6.23 Å². The summed E-state index contributed by atoms with van der Waals surface area (Å²) < 4.78 is 25.3. The summed E-state index contributed by atoms with van der Waals surface area (Å²) in [6.07, 6.45) is 0.250. The van der Waals surface area contributed by atoms with Crippen molar-refractivity contribution in [1.29, 1.82) is 0 Å². The fourth-order valence-corrected chi connectivity index (χ4v) is 6.47. The molecule has 0 aromatic heterocycles. The number of hydrazone groups is 1. The molecule has 0 saturated heterocycles. The molecule has 6 nitrogen and oxygen atoms in total. The van der Waals surface area contributed by atoms with Crippen LogP contribution in [-0.2, 0) is 0 Å². The van der Waals surface area contributed by atoms with E-state index >= 15 is 0 Å². The Morgan fingerprint density at radius 3 is 2.30 bits per heavy atom. The second kappa shape index (κ2) is 9.58. The molecule has 0 aliphatic carbocycles. The molecule has 2 heterocycles. The normalized spacial score (nSPS) is 18.1. The number of nitrogens with zero attached hydrogens (tertiary/aromatic N) is 2. The molecule has 37 heavy (non-hydrogen) atoms. The summed E-state index contributed by atoms with van der Waals surface area (Å²) in [5.41, 5.74) is 4.04. The van der Waals surface area contributed by atoms with Gasteiger partial charge in [0, 0.05) is 22.0 Å². The van der Waals surface area contributed by atoms with Crippen molar-refractivity contribution in [3.8, 4) is 23.0 Å². The van der Waals surface area contributed by atoms with E-state index in [4.69, 9.17) is 24.0 Å². The third-order valence-electron chi connectivity index (χ3n) is 6.86. The van der Waals surface area contributed by atoms with Gasteiger partial charge in [0.25, 0.3) is 0 Å². The third kappa shape index (κ3) is 4.12. The molecule has 0 radical (unpaired) electrons. The number of fused-ring (bicyclic) bond motifs is 4. The molecule has 4 aromatic carbocycles. The first-order chi connectivity index (χ1) is 18.0. The van der Waals surface area contributed by atoms with Crippen LogP contribution in [0, 0.1) is 0 Å². The van der Waals surface area contributed by atoms with E-state index in [-0.39, 0.29) is 6.04 Å². The molecule has 0 fully saturated rings. The van der Waals surface area contributed by atoms with Gasteiger partial charge in [0.1, 0.15) is 5.75 Å². The van der Waals surface area contributed by atoms with Crippen LogP contribution in [0.15, 0.2) is 80.8 Å². The third-order valence-corrected chi connectivity index (χ3v) is 7.91. The van der Waals surface area contributed by atoms with Gasteiger partial charge in [0.15, 0.2) is 11.5 Å². The maximum Gasteiger partial charge on any atom is 0.214 e. The number of halogens is 2. The highest BCUT2D eigenvalue weighted by Crippen LogP contribution is 2.52. The topological polar surface area (TPSA) is 52.5 Å². The fraction of sp³-hybridized carbons (Fsp3) is 0.207. The fourth-order valence-electron chi connectivity index (χ4n) is 5.12. The minimum atomic E-state index is -0.498. The van der Waals surface area contributed by atoms with E-state index in [0.29, 0.717) is 17.2 Å². The lowest BCUT2D eigenvalue weighted by Crippen LogP contribution is -2.34. The molecule has 2 atom stereocenters. The van der Waals surface area contributed by atoms with E-state index in [1.165, 1.54) is 10.8 Å². The van der Waals surface area contributed by atoms with Crippen LogP contribution in [-0.4, -0.2) is 32.0 Å². The lowest BCUT2D eigenvalue weighted by atomic mass is 9.95. The first-order valence-corrected chi connectivity index (χ1v) is 13.4. The van der Waals surface area contributed by atoms with Crippen LogP contribution < -0.4 is 18.9 Å². The van der Waals surface area contributed by atoms with Crippen LogP contribution >= 0.6 is 31.9 Å². The number of hydrogen-bond acceptors (Lipinski definition) is 6. The zero-order valence-corrected chi connectivity index (χ0v) is 23.7. The molecular weight excluding hydrogens is 600 g/mol. The zero-order valence-electron chi connectivity index (χ0n) is 20.5. The number of methoxy groups -OCH3 is 3. The van der Waals surface area contributed by atoms with Crippen LogP contribution in [0.3, 0.4) is 0 Å². The van der Waals surface area contributed by atoms with Crippen LogP contribution in [0.2, 0.25) is 0 Å². The molecule has 6 rings (SSSR count). The van der Waals surface area contributed by atoms with Crippen molar-refractivity contribution in [1.82, 2.24) is 5.01 Å². The van der Waals surface area contributed by atoms with E-state index in [0.717, 1.165) is 43.5 Å². The molecule has 0 spiro atoms. The van der Waals surface area contributed by atoms with Crippen LogP contribution in [0.4, 0.5) is 0 Å². The average molecular weight is 624 g/mol. The van der Waals surface area contributed by atoms with Gasteiger partial charge in [-0.25, -0.2) is 5.01 Å². The highest BCUT2D eigenvalue weighted by Gasteiger charge is 2.42. The highest BCUT2D eigenvalue weighted by atomic mass is 79.9. The van der Waals surface area contributed by atoms with E-state index in [1.807, 2.05) is 23.2 Å². The van der Waals surface area contributed by atoms with Crippen molar-refractivity contribution in [2.75, 3.05) is 21.3 Å². The Labute approximate surface area is 232 Å². The van der Waals surface area contributed by atoms with Crippen molar-refractivity contribution in [3.63, 3.8) is 0 Å². The largest absolute Gasteiger partial charge is 0.493 e. The van der Waals surface area contributed by atoms with E-state index in [9.17, 15) is 0 Å². The standard InChI is InChI=1S/C29H24Br2N2O4/c1-34-25-11-19(12-26(35-2)28(25)36-3)29-33-24(21-13-20(30)14-22(31)27(21)37-29)15-23(32-33)18-9-8-16-6-4-5-7-17(16)10-18/h4-14,24,29H,15H2,1-3H3. The Bertz CT molecular complexity index is 1530. The van der Waals surface area contributed by atoms with E-state index in [1.54, 1.807) is 21.3 Å². The quantitative estimate of drug-likeness (QED) is 0.229. The van der Waals surface area contributed by atoms with Crippen LogP contribution in [0.5, 0.6) is 23.0 Å². The molecule has 0 amide bonds. The maximum absolute atomic E-state index is 6.64. The van der Waals surface area contributed by atoms with Crippen molar-refractivity contribution < 1.29 is 18.9 Å². The number of ether oxygens (including phenoxy) is 4. The van der Waals surface area contributed by atoms with Crippen LogP contribution in [0.25, 0.3) is 10.8 Å². The SMILES string of the molecule is COc1cc(C2Oc3c(Br)cc(Br)cc3C3CC(c4ccc5ccccc5c4)=NN32)cc(OC)c1OC. The van der Waals surface area contributed by atoms with Crippen molar-refractivity contribution >= 4 is 48.3 Å².